The number of halogens is 1. The quantitative estimate of drug-likeness (QED) is 0.910. The zero-order valence-corrected chi connectivity index (χ0v) is 12.3. The Morgan fingerprint density at radius 2 is 2.15 bits per heavy atom. The molecule has 0 radical (unpaired) electrons. The normalized spacial score (nSPS) is 10.9. The molecule has 0 spiro atoms. The van der Waals surface area contributed by atoms with E-state index in [4.69, 9.17) is 4.74 Å². The van der Waals surface area contributed by atoms with Crippen LogP contribution in [-0.2, 0) is 0 Å². The third-order valence-corrected chi connectivity index (χ3v) is 2.91. The van der Waals surface area contributed by atoms with Crippen molar-refractivity contribution in [1.29, 1.82) is 0 Å². The van der Waals surface area contributed by atoms with Gasteiger partial charge in [-0.1, -0.05) is 13.8 Å². The van der Waals surface area contributed by atoms with E-state index < -0.39 is 0 Å². The van der Waals surface area contributed by atoms with Crippen molar-refractivity contribution in [2.45, 2.75) is 20.8 Å². The molecule has 0 atom stereocenters. The lowest BCUT2D eigenvalue weighted by atomic mass is 10.2. The molecule has 1 heterocycles. The number of hydrogen-bond acceptors (Lipinski definition) is 3. The van der Waals surface area contributed by atoms with E-state index in [1.807, 2.05) is 23.8 Å². The first-order chi connectivity index (χ1) is 9.51. The minimum absolute atomic E-state index is 0.238. The Balaban J connectivity index is 2.34. The van der Waals surface area contributed by atoms with Crippen LogP contribution in [-0.4, -0.2) is 23.2 Å². The second kappa shape index (κ2) is 5.94. The van der Waals surface area contributed by atoms with E-state index >= 15 is 0 Å². The van der Waals surface area contributed by atoms with E-state index in [-0.39, 0.29) is 11.6 Å². The van der Waals surface area contributed by atoms with Gasteiger partial charge >= 0.3 is 0 Å². The van der Waals surface area contributed by atoms with Gasteiger partial charge in [-0.25, -0.2) is 9.37 Å². The smallest absolute Gasteiger partial charge is 0.207 e. The van der Waals surface area contributed by atoms with Crippen LogP contribution in [0.2, 0.25) is 0 Å². The Morgan fingerprint density at radius 3 is 2.75 bits per heavy atom. The lowest BCUT2D eigenvalue weighted by Gasteiger charge is -2.12. The molecular formula is C15H20FN3O. The fourth-order valence-corrected chi connectivity index (χ4v) is 1.92. The highest BCUT2D eigenvalue weighted by atomic mass is 19.1. The highest BCUT2D eigenvalue weighted by Crippen LogP contribution is 2.23. The van der Waals surface area contributed by atoms with Crippen LogP contribution in [0.25, 0.3) is 5.69 Å². The summed E-state index contributed by atoms with van der Waals surface area (Å²) in [6.07, 6.45) is 1.88. The van der Waals surface area contributed by atoms with Crippen LogP contribution in [0.4, 0.5) is 10.3 Å². The fourth-order valence-electron chi connectivity index (χ4n) is 1.92. The maximum atomic E-state index is 13.8. The van der Waals surface area contributed by atoms with Gasteiger partial charge in [0.15, 0.2) is 11.6 Å². The van der Waals surface area contributed by atoms with Crippen molar-refractivity contribution in [2.75, 3.05) is 19.0 Å². The van der Waals surface area contributed by atoms with E-state index in [0.29, 0.717) is 5.92 Å². The number of nitrogens with one attached hydrogen (secondary N) is 1. The number of benzene rings is 1. The second-order valence-electron chi connectivity index (χ2n) is 5.17. The number of anilines is 1. The molecule has 0 bridgehead atoms. The molecule has 0 aliphatic rings. The minimum Gasteiger partial charge on any atom is -0.494 e. The average Bonchev–Trinajstić information content (AvgIpc) is 2.77. The zero-order chi connectivity index (χ0) is 14.7. The average molecular weight is 277 g/mol. The molecule has 0 aliphatic heterocycles. The van der Waals surface area contributed by atoms with Gasteiger partial charge in [0.05, 0.1) is 18.5 Å². The predicted octanol–water partition coefficient (Wildman–Crippen LogP) is 3.40. The number of hydrogen-bond donors (Lipinski definition) is 1. The zero-order valence-electron chi connectivity index (χ0n) is 12.3. The summed E-state index contributed by atoms with van der Waals surface area (Å²) >= 11 is 0. The summed E-state index contributed by atoms with van der Waals surface area (Å²) in [4.78, 5) is 4.43. The number of rotatable bonds is 5. The molecule has 1 aromatic carbocycles. The molecule has 5 heteroatoms. The van der Waals surface area contributed by atoms with Gasteiger partial charge in [-0.3, -0.25) is 4.57 Å². The summed E-state index contributed by atoms with van der Waals surface area (Å²) in [6.45, 7) is 6.98. The van der Waals surface area contributed by atoms with Crippen LogP contribution in [0.15, 0.2) is 24.4 Å². The molecule has 0 saturated heterocycles. The number of methoxy groups -OCH3 is 1. The summed E-state index contributed by atoms with van der Waals surface area (Å²) in [5, 5.41) is 3.28. The highest BCUT2D eigenvalue weighted by Gasteiger charge is 2.10. The molecule has 1 aromatic heterocycles. The number of nitrogens with zero attached hydrogens (tertiary/aromatic N) is 2. The summed E-state index contributed by atoms with van der Waals surface area (Å²) < 4.78 is 20.6. The SMILES string of the molecule is COc1ccc(-n2cc(C)nc2NCC(C)C)cc1F. The Labute approximate surface area is 118 Å². The van der Waals surface area contributed by atoms with Gasteiger partial charge in [-0.15, -0.1) is 0 Å². The van der Waals surface area contributed by atoms with Crippen molar-refractivity contribution in [2.24, 2.45) is 5.92 Å². The van der Waals surface area contributed by atoms with Gasteiger partial charge in [0, 0.05) is 18.8 Å². The standard InChI is InChI=1S/C15H20FN3O/c1-10(2)8-17-15-18-11(3)9-19(15)12-5-6-14(20-4)13(16)7-12/h5-7,9-10H,8H2,1-4H3,(H,17,18). The maximum absolute atomic E-state index is 13.8. The maximum Gasteiger partial charge on any atom is 0.207 e. The molecule has 0 unspecified atom stereocenters. The Morgan fingerprint density at radius 1 is 1.40 bits per heavy atom. The minimum atomic E-state index is -0.383. The Kier molecular flexibility index (Phi) is 4.27. The van der Waals surface area contributed by atoms with Crippen LogP contribution in [0.3, 0.4) is 0 Å². The molecule has 20 heavy (non-hydrogen) atoms. The number of ether oxygens (including phenoxy) is 1. The van der Waals surface area contributed by atoms with E-state index in [1.165, 1.54) is 13.2 Å². The molecule has 2 aromatic rings. The Bertz CT molecular complexity index is 593. The molecule has 0 fully saturated rings. The van der Waals surface area contributed by atoms with Crippen LogP contribution in [0.1, 0.15) is 19.5 Å². The van der Waals surface area contributed by atoms with Crippen LogP contribution < -0.4 is 10.1 Å². The highest BCUT2D eigenvalue weighted by molar-refractivity contribution is 5.45. The summed E-state index contributed by atoms with van der Waals surface area (Å²) in [7, 11) is 1.45. The van der Waals surface area contributed by atoms with E-state index in [1.54, 1.807) is 6.07 Å². The predicted molar refractivity (Wildman–Crippen MR) is 78.1 cm³/mol. The lowest BCUT2D eigenvalue weighted by molar-refractivity contribution is 0.386. The molecule has 0 amide bonds. The van der Waals surface area contributed by atoms with Gasteiger partial charge < -0.3 is 10.1 Å². The Hall–Kier alpha value is -2.04. The largest absolute Gasteiger partial charge is 0.494 e. The van der Waals surface area contributed by atoms with Crippen molar-refractivity contribution in [3.8, 4) is 11.4 Å². The number of aryl methyl sites for hydroxylation is 1. The summed E-state index contributed by atoms with van der Waals surface area (Å²) in [5.41, 5.74) is 1.60. The van der Waals surface area contributed by atoms with Crippen molar-refractivity contribution >= 4 is 5.95 Å². The van der Waals surface area contributed by atoms with Gasteiger partial charge in [0.1, 0.15) is 0 Å². The fraction of sp³-hybridized carbons (Fsp3) is 0.400. The summed E-state index contributed by atoms with van der Waals surface area (Å²) in [6, 6.07) is 4.87. The topological polar surface area (TPSA) is 39.1 Å². The first-order valence-corrected chi connectivity index (χ1v) is 6.65. The number of imidazole rings is 1. The molecule has 0 aliphatic carbocycles. The number of aromatic nitrogens is 2. The molecule has 2 rings (SSSR count). The van der Waals surface area contributed by atoms with E-state index in [9.17, 15) is 4.39 Å². The third kappa shape index (κ3) is 3.10. The second-order valence-corrected chi connectivity index (χ2v) is 5.17. The lowest BCUT2D eigenvalue weighted by Crippen LogP contribution is -2.12. The molecule has 4 nitrogen and oxygen atoms in total. The van der Waals surface area contributed by atoms with Crippen LogP contribution in [0, 0.1) is 18.7 Å². The van der Waals surface area contributed by atoms with Crippen LogP contribution >= 0.6 is 0 Å². The van der Waals surface area contributed by atoms with Gasteiger partial charge in [-0.2, -0.15) is 0 Å². The monoisotopic (exact) mass is 277 g/mol. The van der Waals surface area contributed by atoms with Gasteiger partial charge in [-0.05, 0) is 25.0 Å². The van der Waals surface area contributed by atoms with Crippen LogP contribution in [0.5, 0.6) is 5.75 Å². The van der Waals surface area contributed by atoms with Crippen molar-refractivity contribution in [1.82, 2.24) is 9.55 Å². The first kappa shape index (κ1) is 14.4. The molecule has 108 valence electrons. The van der Waals surface area contributed by atoms with E-state index in [0.717, 1.165) is 23.9 Å². The molecular weight excluding hydrogens is 257 g/mol. The van der Waals surface area contributed by atoms with Gasteiger partial charge in [0.25, 0.3) is 0 Å². The third-order valence-electron chi connectivity index (χ3n) is 2.91. The molecule has 0 saturated carbocycles. The van der Waals surface area contributed by atoms with Crippen molar-refractivity contribution in [3.63, 3.8) is 0 Å². The van der Waals surface area contributed by atoms with Crippen molar-refractivity contribution in [3.05, 3.63) is 35.9 Å². The van der Waals surface area contributed by atoms with Gasteiger partial charge in [0.2, 0.25) is 5.95 Å². The van der Waals surface area contributed by atoms with Crippen molar-refractivity contribution < 1.29 is 9.13 Å². The van der Waals surface area contributed by atoms with E-state index in [2.05, 4.69) is 24.1 Å². The summed E-state index contributed by atoms with van der Waals surface area (Å²) in [5.74, 6) is 1.09. The molecule has 1 N–H and O–H groups in total. The first-order valence-electron chi connectivity index (χ1n) is 6.65.